The maximum absolute atomic E-state index is 13.0. The van der Waals surface area contributed by atoms with Crippen molar-refractivity contribution in [3.8, 4) is 0 Å². The third kappa shape index (κ3) is 3.07. The fourth-order valence-corrected chi connectivity index (χ4v) is 3.44. The van der Waals surface area contributed by atoms with Crippen molar-refractivity contribution >= 4 is 28.9 Å². The van der Waals surface area contributed by atoms with Crippen LogP contribution in [0.1, 0.15) is 25.0 Å². The van der Waals surface area contributed by atoms with Crippen molar-refractivity contribution in [1.29, 1.82) is 0 Å². The Balaban J connectivity index is 1.55. The molecule has 1 aromatic heterocycles. The minimum atomic E-state index is -0.221. The second-order valence-corrected chi connectivity index (χ2v) is 6.32. The normalized spacial score (nSPS) is 19.0. The fourth-order valence-electron chi connectivity index (χ4n) is 3.44. The lowest BCUT2D eigenvalue weighted by molar-refractivity contribution is -0.124. The quantitative estimate of drug-likeness (QED) is 0.932. The summed E-state index contributed by atoms with van der Waals surface area (Å²) in [5.41, 5.74) is 2.40. The van der Waals surface area contributed by atoms with E-state index < -0.39 is 0 Å². The molecule has 2 aromatic rings. The first-order valence-electron chi connectivity index (χ1n) is 8.49. The third-order valence-corrected chi connectivity index (χ3v) is 4.67. The van der Waals surface area contributed by atoms with E-state index in [1.165, 1.54) is 0 Å². The highest BCUT2D eigenvalue weighted by atomic mass is 16.3. The zero-order valence-electron chi connectivity index (χ0n) is 13.8. The number of amides is 2. The maximum atomic E-state index is 13.0. The monoisotopic (exact) mass is 337 g/mol. The molecule has 0 saturated heterocycles. The molecule has 128 valence electrons. The third-order valence-electron chi connectivity index (χ3n) is 4.67. The summed E-state index contributed by atoms with van der Waals surface area (Å²) in [7, 11) is 0. The van der Waals surface area contributed by atoms with Crippen molar-refractivity contribution in [3.05, 3.63) is 48.4 Å². The van der Waals surface area contributed by atoms with Gasteiger partial charge in [-0.25, -0.2) is 0 Å². The van der Waals surface area contributed by atoms with Crippen LogP contribution < -0.4 is 10.2 Å². The average Bonchev–Trinajstić information content (AvgIpc) is 3.28. The Labute approximate surface area is 145 Å². The molecule has 1 aromatic carbocycles. The lowest BCUT2D eigenvalue weighted by atomic mass is 10.1. The average molecular weight is 337 g/mol. The molecule has 6 nitrogen and oxygen atoms in total. The SMILES string of the molecule is O=C(CN1C(=O)[C@H]2CCCC2=Nc2ccccc21)NCc1ccco1. The molecule has 0 unspecified atom stereocenters. The number of carbonyl (C=O) groups is 2. The van der Waals surface area contributed by atoms with Gasteiger partial charge in [0.05, 0.1) is 30.1 Å². The van der Waals surface area contributed by atoms with Gasteiger partial charge in [0.15, 0.2) is 0 Å². The zero-order chi connectivity index (χ0) is 17.2. The lowest BCUT2D eigenvalue weighted by Gasteiger charge is -2.24. The molecule has 1 aliphatic carbocycles. The van der Waals surface area contributed by atoms with Crippen molar-refractivity contribution in [2.45, 2.75) is 25.8 Å². The van der Waals surface area contributed by atoms with Crippen LogP contribution >= 0.6 is 0 Å². The Kier molecular flexibility index (Phi) is 4.09. The molecule has 1 N–H and O–H groups in total. The van der Waals surface area contributed by atoms with E-state index in [0.717, 1.165) is 30.7 Å². The maximum Gasteiger partial charge on any atom is 0.240 e. The minimum Gasteiger partial charge on any atom is -0.467 e. The molecule has 1 aliphatic heterocycles. The molecule has 1 atom stereocenters. The summed E-state index contributed by atoms with van der Waals surface area (Å²) in [5, 5.41) is 2.80. The van der Waals surface area contributed by atoms with Gasteiger partial charge in [0, 0.05) is 5.71 Å². The van der Waals surface area contributed by atoms with Gasteiger partial charge in [-0.15, -0.1) is 0 Å². The van der Waals surface area contributed by atoms with E-state index >= 15 is 0 Å². The first-order chi connectivity index (χ1) is 12.2. The number of hydrogen-bond donors (Lipinski definition) is 1. The fraction of sp³-hybridized carbons (Fsp3) is 0.316. The van der Waals surface area contributed by atoms with Crippen molar-refractivity contribution in [2.24, 2.45) is 10.9 Å². The predicted molar refractivity (Wildman–Crippen MR) is 93.8 cm³/mol. The summed E-state index contributed by atoms with van der Waals surface area (Å²) < 4.78 is 5.21. The van der Waals surface area contributed by atoms with E-state index in [4.69, 9.17) is 9.41 Å². The van der Waals surface area contributed by atoms with Crippen LogP contribution in [-0.4, -0.2) is 24.1 Å². The highest BCUT2D eigenvalue weighted by molar-refractivity contribution is 6.16. The number of hydrogen-bond acceptors (Lipinski definition) is 4. The summed E-state index contributed by atoms with van der Waals surface area (Å²) in [6, 6.07) is 11.1. The van der Waals surface area contributed by atoms with Gasteiger partial charge in [0.1, 0.15) is 12.3 Å². The van der Waals surface area contributed by atoms with E-state index in [9.17, 15) is 9.59 Å². The molecular weight excluding hydrogens is 318 g/mol. The Bertz CT molecular complexity index is 826. The largest absolute Gasteiger partial charge is 0.467 e. The van der Waals surface area contributed by atoms with Crippen LogP contribution in [0.3, 0.4) is 0 Å². The summed E-state index contributed by atoms with van der Waals surface area (Å²) in [6.07, 6.45) is 4.18. The van der Waals surface area contributed by atoms with Crippen LogP contribution in [0.15, 0.2) is 52.1 Å². The highest BCUT2D eigenvalue weighted by Gasteiger charge is 2.36. The molecule has 2 heterocycles. The van der Waals surface area contributed by atoms with Crippen LogP contribution in [0, 0.1) is 5.92 Å². The van der Waals surface area contributed by atoms with Crippen molar-refractivity contribution < 1.29 is 14.0 Å². The molecule has 6 heteroatoms. The number of nitrogens with zero attached hydrogens (tertiary/aromatic N) is 2. The molecule has 25 heavy (non-hydrogen) atoms. The molecule has 1 fully saturated rings. The van der Waals surface area contributed by atoms with E-state index in [0.29, 0.717) is 18.0 Å². The molecule has 0 bridgehead atoms. The zero-order valence-corrected chi connectivity index (χ0v) is 13.8. The Hall–Kier alpha value is -2.89. The first kappa shape index (κ1) is 15.6. The number of furan rings is 1. The van der Waals surface area contributed by atoms with Crippen LogP contribution in [0.4, 0.5) is 11.4 Å². The Morgan fingerprint density at radius 2 is 2.16 bits per heavy atom. The number of anilines is 1. The van der Waals surface area contributed by atoms with Gasteiger partial charge in [0.25, 0.3) is 0 Å². The standard InChI is InChI=1S/C19H19N3O3/c23-18(20-11-13-5-4-10-25-13)12-22-17-9-2-1-7-16(17)21-15-8-3-6-14(15)19(22)24/h1-2,4-5,7,9-10,14H,3,6,8,11-12H2,(H,20,23)/t14-/m0/s1. The van der Waals surface area contributed by atoms with Crippen molar-refractivity contribution in [3.63, 3.8) is 0 Å². The molecule has 2 aliphatic rings. The van der Waals surface area contributed by atoms with Crippen LogP contribution in [0.2, 0.25) is 0 Å². The Morgan fingerprint density at radius 3 is 3.00 bits per heavy atom. The second-order valence-electron chi connectivity index (χ2n) is 6.32. The molecular formula is C19H19N3O3. The minimum absolute atomic E-state index is 0.0180. The van der Waals surface area contributed by atoms with Crippen LogP contribution in [-0.2, 0) is 16.1 Å². The summed E-state index contributed by atoms with van der Waals surface area (Å²) in [6.45, 7) is 0.288. The van der Waals surface area contributed by atoms with Crippen LogP contribution in [0.5, 0.6) is 0 Å². The van der Waals surface area contributed by atoms with E-state index in [-0.39, 0.29) is 24.3 Å². The van der Waals surface area contributed by atoms with Crippen molar-refractivity contribution in [2.75, 3.05) is 11.4 Å². The highest BCUT2D eigenvalue weighted by Crippen LogP contribution is 2.37. The van der Waals surface area contributed by atoms with Gasteiger partial charge in [-0.1, -0.05) is 12.1 Å². The first-order valence-corrected chi connectivity index (χ1v) is 8.49. The molecule has 0 spiro atoms. The number of para-hydroxylation sites is 2. The lowest BCUT2D eigenvalue weighted by Crippen LogP contribution is -2.43. The summed E-state index contributed by atoms with van der Waals surface area (Å²) in [5.74, 6) is 0.220. The number of nitrogens with one attached hydrogen (secondary N) is 1. The van der Waals surface area contributed by atoms with Gasteiger partial charge >= 0.3 is 0 Å². The molecule has 1 saturated carbocycles. The van der Waals surface area contributed by atoms with Gasteiger partial charge < -0.3 is 14.6 Å². The molecule has 2 amide bonds. The summed E-state index contributed by atoms with van der Waals surface area (Å²) >= 11 is 0. The topological polar surface area (TPSA) is 74.9 Å². The van der Waals surface area contributed by atoms with E-state index in [2.05, 4.69) is 5.32 Å². The van der Waals surface area contributed by atoms with E-state index in [1.54, 1.807) is 23.3 Å². The predicted octanol–water partition coefficient (Wildman–Crippen LogP) is 2.82. The Morgan fingerprint density at radius 1 is 1.28 bits per heavy atom. The van der Waals surface area contributed by atoms with Crippen molar-refractivity contribution in [1.82, 2.24) is 5.32 Å². The number of rotatable bonds is 4. The van der Waals surface area contributed by atoms with Gasteiger partial charge in [0.2, 0.25) is 11.8 Å². The van der Waals surface area contributed by atoms with Gasteiger partial charge in [-0.05, 0) is 43.5 Å². The second kappa shape index (κ2) is 6.55. The van der Waals surface area contributed by atoms with Gasteiger partial charge in [-0.2, -0.15) is 0 Å². The molecule has 0 radical (unpaired) electrons. The molecule has 4 rings (SSSR count). The number of carbonyl (C=O) groups excluding carboxylic acids is 2. The number of fused-ring (bicyclic) bond motifs is 2. The van der Waals surface area contributed by atoms with Gasteiger partial charge in [-0.3, -0.25) is 14.6 Å². The van der Waals surface area contributed by atoms with Crippen LogP contribution in [0.25, 0.3) is 0 Å². The van der Waals surface area contributed by atoms with E-state index in [1.807, 2.05) is 24.3 Å². The number of aliphatic imine (C=N–C) groups is 1. The number of benzene rings is 1. The smallest absolute Gasteiger partial charge is 0.240 e. The summed E-state index contributed by atoms with van der Waals surface area (Å²) in [4.78, 5) is 31.7.